The molecule has 0 saturated heterocycles. The number of hydrogen-bond donors (Lipinski definition) is 2. The summed E-state index contributed by atoms with van der Waals surface area (Å²) in [5.74, 6) is -0.191. The van der Waals surface area contributed by atoms with Crippen LogP contribution >= 0.6 is 0 Å². The molecule has 1 atom stereocenters. The summed E-state index contributed by atoms with van der Waals surface area (Å²) in [6.45, 7) is 0. The highest BCUT2D eigenvalue weighted by Gasteiger charge is 2.31. The highest BCUT2D eigenvalue weighted by atomic mass is 16.6. The molecule has 0 amide bonds. The van der Waals surface area contributed by atoms with Crippen LogP contribution in [-0.4, -0.2) is 10.0 Å². The molecule has 7 nitrogen and oxygen atoms in total. The number of fused-ring (bicyclic) bond motifs is 1. The van der Waals surface area contributed by atoms with Gasteiger partial charge in [0.2, 0.25) is 5.88 Å². The van der Waals surface area contributed by atoms with E-state index in [1.54, 1.807) is 18.2 Å². The van der Waals surface area contributed by atoms with Crippen LogP contribution in [0, 0.1) is 21.4 Å². The number of rotatable bonds is 2. The van der Waals surface area contributed by atoms with Gasteiger partial charge >= 0.3 is 0 Å². The van der Waals surface area contributed by atoms with Crippen molar-refractivity contribution in [3.8, 4) is 17.6 Å². The molecule has 2 aromatic rings. The second-order valence-electron chi connectivity index (χ2n) is 5.00. The molecule has 0 unspecified atom stereocenters. The first-order valence-electron chi connectivity index (χ1n) is 6.66. The SMILES string of the molecule is N#CC1=C(N)Oc2cc(O)ccc2[C@@H]1c1ccc([N+](=O)[O-])cc1. The molecule has 0 bridgehead atoms. The molecule has 0 aromatic heterocycles. The van der Waals surface area contributed by atoms with Gasteiger partial charge in [-0.1, -0.05) is 18.2 Å². The summed E-state index contributed by atoms with van der Waals surface area (Å²) in [6, 6.07) is 12.5. The number of nitro benzene ring substituents is 1. The predicted octanol–water partition coefficient (Wildman–Crippen LogP) is 2.52. The Morgan fingerprint density at radius 2 is 1.96 bits per heavy atom. The lowest BCUT2D eigenvalue weighted by Gasteiger charge is -2.26. The topological polar surface area (TPSA) is 122 Å². The third kappa shape index (κ3) is 2.42. The number of benzene rings is 2. The van der Waals surface area contributed by atoms with E-state index in [1.807, 2.05) is 6.07 Å². The molecular weight excluding hydrogens is 298 g/mol. The normalized spacial score (nSPS) is 16.2. The van der Waals surface area contributed by atoms with Gasteiger partial charge in [0.05, 0.1) is 10.8 Å². The van der Waals surface area contributed by atoms with Gasteiger partial charge in [-0.3, -0.25) is 10.1 Å². The number of non-ortho nitro benzene ring substituents is 1. The Balaban J connectivity index is 2.16. The summed E-state index contributed by atoms with van der Waals surface area (Å²) >= 11 is 0. The molecule has 0 saturated carbocycles. The van der Waals surface area contributed by atoms with Crippen molar-refractivity contribution in [3.05, 3.63) is 75.2 Å². The van der Waals surface area contributed by atoms with Crippen molar-refractivity contribution in [1.82, 2.24) is 0 Å². The third-order valence-electron chi connectivity index (χ3n) is 3.64. The number of ether oxygens (including phenoxy) is 1. The van der Waals surface area contributed by atoms with Crippen LogP contribution in [0.3, 0.4) is 0 Å². The lowest BCUT2D eigenvalue weighted by atomic mass is 9.83. The van der Waals surface area contributed by atoms with E-state index < -0.39 is 10.8 Å². The molecule has 114 valence electrons. The number of phenolic OH excluding ortho intramolecular Hbond substituents is 1. The number of phenols is 1. The first-order valence-corrected chi connectivity index (χ1v) is 6.66. The van der Waals surface area contributed by atoms with E-state index in [0.29, 0.717) is 16.9 Å². The van der Waals surface area contributed by atoms with E-state index in [4.69, 9.17) is 10.5 Å². The van der Waals surface area contributed by atoms with Crippen molar-refractivity contribution in [1.29, 1.82) is 5.26 Å². The van der Waals surface area contributed by atoms with E-state index in [0.717, 1.165) is 0 Å². The van der Waals surface area contributed by atoms with Crippen LogP contribution in [0.4, 0.5) is 5.69 Å². The molecule has 2 aromatic carbocycles. The van der Waals surface area contributed by atoms with Crippen molar-refractivity contribution in [2.24, 2.45) is 5.73 Å². The molecule has 1 heterocycles. The third-order valence-corrected chi connectivity index (χ3v) is 3.64. The van der Waals surface area contributed by atoms with Gasteiger partial charge in [0, 0.05) is 23.8 Å². The fourth-order valence-corrected chi connectivity index (χ4v) is 2.58. The summed E-state index contributed by atoms with van der Waals surface area (Å²) < 4.78 is 5.40. The van der Waals surface area contributed by atoms with Gasteiger partial charge in [-0.25, -0.2) is 0 Å². The van der Waals surface area contributed by atoms with Gasteiger partial charge < -0.3 is 15.6 Å². The average molecular weight is 309 g/mol. The Bertz CT molecular complexity index is 866. The van der Waals surface area contributed by atoms with Crippen LogP contribution < -0.4 is 10.5 Å². The molecule has 3 rings (SSSR count). The number of nitriles is 1. The molecular formula is C16H11N3O4. The molecule has 0 aliphatic carbocycles. The van der Waals surface area contributed by atoms with E-state index in [1.165, 1.54) is 24.3 Å². The van der Waals surface area contributed by atoms with Gasteiger partial charge in [0.25, 0.3) is 5.69 Å². The number of nitrogens with two attached hydrogens (primary N) is 1. The van der Waals surface area contributed by atoms with Crippen molar-refractivity contribution >= 4 is 5.69 Å². The van der Waals surface area contributed by atoms with E-state index >= 15 is 0 Å². The molecule has 0 spiro atoms. The lowest BCUT2D eigenvalue weighted by Crippen LogP contribution is -2.20. The van der Waals surface area contributed by atoms with Crippen molar-refractivity contribution in [2.75, 3.05) is 0 Å². The van der Waals surface area contributed by atoms with Crippen LogP contribution in [0.2, 0.25) is 0 Å². The Labute approximate surface area is 131 Å². The maximum Gasteiger partial charge on any atom is 0.269 e. The first kappa shape index (κ1) is 14.4. The zero-order valence-electron chi connectivity index (χ0n) is 11.8. The quantitative estimate of drug-likeness (QED) is 0.649. The monoisotopic (exact) mass is 309 g/mol. The molecule has 0 radical (unpaired) electrons. The van der Waals surface area contributed by atoms with Crippen LogP contribution in [0.5, 0.6) is 11.5 Å². The smallest absolute Gasteiger partial charge is 0.269 e. The molecule has 1 aliphatic rings. The lowest BCUT2D eigenvalue weighted by molar-refractivity contribution is -0.384. The standard InChI is InChI=1S/C16H11N3O4/c17-8-13-15(9-1-3-10(4-2-9)19(21)22)12-6-5-11(20)7-14(12)23-16(13)18/h1-7,15,20H,18H2/t15-/m0/s1. The maximum absolute atomic E-state index is 10.8. The Hall–Kier alpha value is -3.53. The van der Waals surface area contributed by atoms with Crippen LogP contribution in [0.15, 0.2) is 53.9 Å². The Morgan fingerprint density at radius 1 is 1.26 bits per heavy atom. The van der Waals surface area contributed by atoms with Crippen molar-refractivity contribution in [2.45, 2.75) is 5.92 Å². The van der Waals surface area contributed by atoms with Gasteiger partial charge in [0.1, 0.15) is 23.1 Å². The molecule has 1 aliphatic heterocycles. The van der Waals surface area contributed by atoms with Crippen LogP contribution in [0.25, 0.3) is 0 Å². The zero-order valence-corrected chi connectivity index (χ0v) is 11.8. The summed E-state index contributed by atoms with van der Waals surface area (Å²) in [6.07, 6.45) is 0. The van der Waals surface area contributed by atoms with E-state index in [-0.39, 0.29) is 22.9 Å². The number of nitrogens with zero attached hydrogens (tertiary/aromatic N) is 2. The predicted molar refractivity (Wildman–Crippen MR) is 80.5 cm³/mol. The number of hydrogen-bond acceptors (Lipinski definition) is 6. The average Bonchev–Trinajstić information content (AvgIpc) is 2.53. The molecule has 23 heavy (non-hydrogen) atoms. The van der Waals surface area contributed by atoms with Gasteiger partial charge in [-0.2, -0.15) is 5.26 Å². The molecule has 7 heteroatoms. The minimum Gasteiger partial charge on any atom is -0.508 e. The Morgan fingerprint density at radius 3 is 2.57 bits per heavy atom. The van der Waals surface area contributed by atoms with Gasteiger partial charge in [-0.05, 0) is 11.6 Å². The second kappa shape index (κ2) is 5.35. The highest BCUT2D eigenvalue weighted by Crippen LogP contribution is 2.43. The number of allylic oxidation sites excluding steroid dienone is 1. The highest BCUT2D eigenvalue weighted by molar-refractivity contribution is 5.57. The molecule has 0 fully saturated rings. The summed E-state index contributed by atoms with van der Waals surface area (Å²) in [7, 11) is 0. The first-order chi connectivity index (χ1) is 11.0. The fourth-order valence-electron chi connectivity index (χ4n) is 2.58. The van der Waals surface area contributed by atoms with E-state index in [9.17, 15) is 20.5 Å². The van der Waals surface area contributed by atoms with Crippen molar-refractivity contribution < 1.29 is 14.8 Å². The summed E-state index contributed by atoms with van der Waals surface area (Å²) in [5, 5.41) is 29.7. The van der Waals surface area contributed by atoms with Gasteiger partial charge in [0.15, 0.2) is 0 Å². The molecule has 3 N–H and O–H groups in total. The van der Waals surface area contributed by atoms with Crippen LogP contribution in [-0.2, 0) is 0 Å². The maximum atomic E-state index is 10.8. The van der Waals surface area contributed by atoms with E-state index in [2.05, 4.69) is 0 Å². The Kier molecular flexibility index (Phi) is 3.35. The minimum atomic E-state index is -0.509. The number of nitro groups is 1. The number of aromatic hydroxyl groups is 1. The van der Waals surface area contributed by atoms with Crippen LogP contribution in [0.1, 0.15) is 17.0 Å². The summed E-state index contributed by atoms with van der Waals surface area (Å²) in [5.41, 5.74) is 7.31. The fraction of sp³-hybridized carbons (Fsp3) is 0.0625. The zero-order chi connectivity index (χ0) is 16.6. The minimum absolute atomic E-state index is 0.0133. The largest absolute Gasteiger partial charge is 0.508 e. The summed E-state index contributed by atoms with van der Waals surface area (Å²) in [4.78, 5) is 10.3. The van der Waals surface area contributed by atoms with Crippen molar-refractivity contribution in [3.63, 3.8) is 0 Å². The van der Waals surface area contributed by atoms with Gasteiger partial charge in [-0.15, -0.1) is 0 Å². The second-order valence-corrected chi connectivity index (χ2v) is 5.00.